The van der Waals surface area contributed by atoms with E-state index in [9.17, 15) is 9.59 Å². The molecule has 1 heterocycles. The molecule has 0 aromatic carbocycles. The van der Waals surface area contributed by atoms with Gasteiger partial charge >= 0.3 is 5.97 Å². The van der Waals surface area contributed by atoms with E-state index < -0.39 is 17.9 Å². The molecular formula is C12H22N2O3. The van der Waals surface area contributed by atoms with Gasteiger partial charge in [-0.3, -0.25) is 9.59 Å². The predicted octanol–water partition coefficient (Wildman–Crippen LogP) is 0.827. The maximum absolute atomic E-state index is 12.0. The molecule has 98 valence electrons. The number of carboxylic acid groups (broad SMARTS) is 1. The summed E-state index contributed by atoms with van der Waals surface area (Å²) >= 11 is 0. The Hall–Kier alpha value is -1.10. The van der Waals surface area contributed by atoms with Gasteiger partial charge in [-0.1, -0.05) is 19.8 Å². The van der Waals surface area contributed by atoms with Crippen LogP contribution >= 0.6 is 0 Å². The van der Waals surface area contributed by atoms with Gasteiger partial charge < -0.3 is 15.7 Å². The number of likely N-dealkylation sites (tertiary alicyclic amines) is 1. The molecule has 1 aliphatic rings. The molecule has 2 atom stereocenters. The molecule has 0 spiro atoms. The number of nitrogens with zero attached hydrogens (tertiary/aromatic N) is 1. The van der Waals surface area contributed by atoms with Crippen LogP contribution in [0, 0.1) is 5.92 Å². The average molecular weight is 242 g/mol. The lowest BCUT2D eigenvalue weighted by molar-refractivity contribution is -0.146. The Balaban J connectivity index is 2.48. The van der Waals surface area contributed by atoms with Crippen molar-refractivity contribution in [3.05, 3.63) is 0 Å². The normalized spacial score (nSPS) is 22.2. The molecular weight excluding hydrogens is 220 g/mol. The Kier molecular flexibility index (Phi) is 5.41. The van der Waals surface area contributed by atoms with Gasteiger partial charge in [0.05, 0.1) is 12.0 Å². The number of hydrogen-bond acceptors (Lipinski definition) is 3. The molecule has 3 N–H and O–H groups in total. The van der Waals surface area contributed by atoms with Crippen LogP contribution in [-0.4, -0.2) is 41.0 Å². The molecule has 1 rings (SSSR count). The van der Waals surface area contributed by atoms with Gasteiger partial charge in [-0.2, -0.15) is 0 Å². The molecule has 0 radical (unpaired) electrons. The molecule has 1 aliphatic heterocycles. The van der Waals surface area contributed by atoms with Crippen molar-refractivity contribution in [3.8, 4) is 0 Å². The largest absolute Gasteiger partial charge is 0.481 e. The second-order valence-corrected chi connectivity index (χ2v) is 4.71. The van der Waals surface area contributed by atoms with Crippen molar-refractivity contribution in [2.45, 2.75) is 45.1 Å². The molecule has 0 aliphatic carbocycles. The number of hydrogen-bond donors (Lipinski definition) is 2. The van der Waals surface area contributed by atoms with Crippen molar-refractivity contribution in [3.63, 3.8) is 0 Å². The number of carboxylic acids is 1. The minimum Gasteiger partial charge on any atom is -0.481 e. The number of unbranched alkanes of at least 4 members (excludes halogenated alkanes) is 1. The van der Waals surface area contributed by atoms with Gasteiger partial charge in [0.15, 0.2) is 0 Å². The van der Waals surface area contributed by atoms with E-state index in [0.29, 0.717) is 25.9 Å². The number of carbonyl (C=O) groups excluding carboxylic acids is 1. The van der Waals surface area contributed by atoms with Crippen molar-refractivity contribution in [1.29, 1.82) is 0 Å². The Morgan fingerprint density at radius 2 is 2.24 bits per heavy atom. The van der Waals surface area contributed by atoms with Crippen molar-refractivity contribution in [2.24, 2.45) is 11.7 Å². The van der Waals surface area contributed by atoms with Crippen LogP contribution in [0.25, 0.3) is 0 Å². The van der Waals surface area contributed by atoms with Crippen LogP contribution in [0.2, 0.25) is 0 Å². The average Bonchev–Trinajstić information content (AvgIpc) is 2.35. The van der Waals surface area contributed by atoms with E-state index in [2.05, 4.69) is 6.92 Å². The topological polar surface area (TPSA) is 83.6 Å². The number of nitrogens with two attached hydrogens (primary N) is 1. The number of carbonyl (C=O) groups is 2. The van der Waals surface area contributed by atoms with E-state index in [4.69, 9.17) is 10.8 Å². The standard InChI is InChI=1S/C12H22N2O3/c1-2-3-6-10(13)11(15)14-7-4-5-9(8-14)12(16)17/h9-10H,2-8,13H2,1H3,(H,16,17)/t9?,10-/m0/s1. The number of rotatable bonds is 5. The van der Waals surface area contributed by atoms with Crippen molar-refractivity contribution >= 4 is 11.9 Å². The van der Waals surface area contributed by atoms with Crippen molar-refractivity contribution < 1.29 is 14.7 Å². The van der Waals surface area contributed by atoms with Gasteiger partial charge in [-0.05, 0) is 19.3 Å². The quantitative estimate of drug-likeness (QED) is 0.748. The van der Waals surface area contributed by atoms with Gasteiger partial charge in [-0.15, -0.1) is 0 Å². The maximum atomic E-state index is 12.0. The van der Waals surface area contributed by atoms with E-state index >= 15 is 0 Å². The molecule has 1 saturated heterocycles. The molecule has 1 fully saturated rings. The lowest BCUT2D eigenvalue weighted by atomic mass is 9.97. The number of aliphatic carboxylic acids is 1. The van der Waals surface area contributed by atoms with Crippen LogP contribution in [0.15, 0.2) is 0 Å². The SMILES string of the molecule is CCCC[C@H](N)C(=O)N1CCCC(C(=O)O)C1. The van der Waals surface area contributed by atoms with Crippen LogP contribution in [0.1, 0.15) is 39.0 Å². The van der Waals surface area contributed by atoms with E-state index in [1.54, 1.807) is 4.90 Å². The first-order valence-corrected chi connectivity index (χ1v) is 6.33. The second kappa shape index (κ2) is 6.59. The van der Waals surface area contributed by atoms with Crippen molar-refractivity contribution in [2.75, 3.05) is 13.1 Å². The summed E-state index contributed by atoms with van der Waals surface area (Å²) in [5, 5.41) is 8.95. The smallest absolute Gasteiger partial charge is 0.308 e. The fourth-order valence-corrected chi connectivity index (χ4v) is 2.16. The Morgan fingerprint density at radius 3 is 2.82 bits per heavy atom. The monoisotopic (exact) mass is 242 g/mol. The maximum Gasteiger partial charge on any atom is 0.308 e. The summed E-state index contributed by atoms with van der Waals surface area (Å²) in [5.41, 5.74) is 5.82. The molecule has 5 nitrogen and oxygen atoms in total. The van der Waals surface area contributed by atoms with Gasteiger partial charge in [0.25, 0.3) is 0 Å². The van der Waals surface area contributed by atoms with E-state index in [1.807, 2.05) is 0 Å². The summed E-state index contributed by atoms with van der Waals surface area (Å²) in [6, 6.07) is -0.470. The third-order valence-electron chi connectivity index (χ3n) is 3.27. The van der Waals surface area contributed by atoms with E-state index in [0.717, 1.165) is 19.3 Å². The van der Waals surface area contributed by atoms with Crippen LogP contribution in [0.3, 0.4) is 0 Å². The molecule has 0 aromatic heterocycles. The summed E-state index contributed by atoms with van der Waals surface area (Å²) in [7, 11) is 0. The summed E-state index contributed by atoms with van der Waals surface area (Å²) in [6.45, 7) is 3.01. The van der Waals surface area contributed by atoms with Crippen LogP contribution in [0.4, 0.5) is 0 Å². The van der Waals surface area contributed by atoms with E-state index in [-0.39, 0.29) is 5.91 Å². The first kappa shape index (κ1) is 14.0. The summed E-state index contributed by atoms with van der Waals surface area (Å²) in [6.07, 6.45) is 4.04. The highest BCUT2D eigenvalue weighted by atomic mass is 16.4. The summed E-state index contributed by atoms with van der Waals surface area (Å²) < 4.78 is 0. The zero-order chi connectivity index (χ0) is 12.8. The minimum atomic E-state index is -0.815. The van der Waals surface area contributed by atoms with Gasteiger partial charge in [0.1, 0.15) is 0 Å². The zero-order valence-electron chi connectivity index (χ0n) is 10.4. The molecule has 1 unspecified atom stereocenters. The molecule has 0 bridgehead atoms. The fourth-order valence-electron chi connectivity index (χ4n) is 2.16. The van der Waals surface area contributed by atoms with Gasteiger partial charge in [0.2, 0.25) is 5.91 Å². The number of amides is 1. The minimum absolute atomic E-state index is 0.0931. The summed E-state index contributed by atoms with van der Waals surface area (Å²) in [4.78, 5) is 24.5. The van der Waals surface area contributed by atoms with Crippen LogP contribution in [-0.2, 0) is 9.59 Å². The third-order valence-corrected chi connectivity index (χ3v) is 3.27. The highest BCUT2D eigenvalue weighted by molar-refractivity contribution is 5.82. The zero-order valence-corrected chi connectivity index (χ0v) is 10.4. The first-order valence-electron chi connectivity index (χ1n) is 6.33. The third kappa shape index (κ3) is 4.00. The second-order valence-electron chi connectivity index (χ2n) is 4.71. The van der Waals surface area contributed by atoms with E-state index in [1.165, 1.54) is 0 Å². The molecule has 17 heavy (non-hydrogen) atoms. The summed E-state index contributed by atoms with van der Waals surface area (Å²) in [5.74, 6) is -1.33. The molecule has 5 heteroatoms. The van der Waals surface area contributed by atoms with Crippen molar-refractivity contribution in [1.82, 2.24) is 4.90 Å². The van der Waals surface area contributed by atoms with Gasteiger partial charge in [0, 0.05) is 13.1 Å². The molecule has 1 amide bonds. The number of piperidine rings is 1. The predicted molar refractivity (Wildman–Crippen MR) is 64.4 cm³/mol. The highest BCUT2D eigenvalue weighted by Gasteiger charge is 2.30. The first-order chi connectivity index (χ1) is 8.06. The lowest BCUT2D eigenvalue weighted by Crippen LogP contribution is -2.49. The Morgan fingerprint density at radius 1 is 1.53 bits per heavy atom. The Labute approximate surface area is 102 Å². The van der Waals surface area contributed by atoms with Crippen LogP contribution < -0.4 is 5.73 Å². The fraction of sp³-hybridized carbons (Fsp3) is 0.833. The lowest BCUT2D eigenvalue weighted by Gasteiger charge is -2.32. The highest BCUT2D eigenvalue weighted by Crippen LogP contribution is 2.17. The van der Waals surface area contributed by atoms with Crippen LogP contribution in [0.5, 0.6) is 0 Å². The molecule has 0 saturated carbocycles. The molecule has 0 aromatic rings. The Bertz CT molecular complexity index is 281. The van der Waals surface area contributed by atoms with Gasteiger partial charge in [-0.25, -0.2) is 0 Å².